The molecule has 1 fully saturated rings. The van der Waals surface area contributed by atoms with Crippen LogP contribution in [-0.2, 0) is 16.1 Å². The highest BCUT2D eigenvalue weighted by molar-refractivity contribution is 5.89. The van der Waals surface area contributed by atoms with Crippen LogP contribution in [0, 0.1) is 5.41 Å². The Morgan fingerprint density at radius 3 is 2.37 bits per heavy atom. The Kier molecular flexibility index (Phi) is 7.25. The fraction of sp³-hybridized carbons (Fsp3) is 0.619. The summed E-state index contributed by atoms with van der Waals surface area (Å²) in [5.74, 6) is 0.760. The van der Waals surface area contributed by atoms with E-state index in [1.807, 2.05) is 37.8 Å². The zero-order valence-electron chi connectivity index (χ0n) is 17.2. The average Bonchev–Trinajstić information content (AvgIpc) is 2.86. The number of nitrogens with one attached hydrogen (secondary N) is 1. The van der Waals surface area contributed by atoms with E-state index in [0.717, 1.165) is 38.3 Å². The molecule has 1 aliphatic heterocycles. The van der Waals surface area contributed by atoms with Crippen molar-refractivity contribution in [2.45, 2.75) is 46.7 Å². The van der Waals surface area contributed by atoms with Gasteiger partial charge in [-0.3, -0.25) is 14.5 Å². The molecule has 1 aromatic carbocycles. The van der Waals surface area contributed by atoms with E-state index >= 15 is 0 Å². The molecule has 1 N–H and O–H groups in total. The lowest BCUT2D eigenvalue weighted by atomic mass is 9.95. The lowest BCUT2D eigenvalue weighted by Crippen LogP contribution is -2.50. The van der Waals surface area contributed by atoms with Crippen LogP contribution in [0.15, 0.2) is 24.3 Å². The van der Waals surface area contributed by atoms with Crippen LogP contribution in [0.25, 0.3) is 0 Å². The Labute approximate surface area is 162 Å². The van der Waals surface area contributed by atoms with Gasteiger partial charge in [0, 0.05) is 38.1 Å². The highest BCUT2D eigenvalue weighted by Crippen LogP contribution is 2.15. The summed E-state index contributed by atoms with van der Waals surface area (Å²) in [7, 11) is 1.67. The maximum absolute atomic E-state index is 12.7. The predicted octanol–water partition coefficient (Wildman–Crippen LogP) is 2.28. The second kappa shape index (κ2) is 9.22. The summed E-state index contributed by atoms with van der Waals surface area (Å²) in [5.41, 5.74) is 0.740. The standard InChI is InChI=1S/C21H33N3O3/c1-16(22-20(26)21(2,3)4)19(25)24-12-6-11-23(13-14-24)15-17-7-9-18(27-5)10-8-17/h7-10,16H,6,11-15H2,1-5H3,(H,22,26). The predicted molar refractivity (Wildman–Crippen MR) is 107 cm³/mol. The van der Waals surface area contributed by atoms with Crippen LogP contribution in [0.3, 0.4) is 0 Å². The number of benzene rings is 1. The van der Waals surface area contributed by atoms with Crippen LogP contribution in [0.5, 0.6) is 5.75 Å². The molecule has 27 heavy (non-hydrogen) atoms. The minimum atomic E-state index is -0.498. The van der Waals surface area contributed by atoms with E-state index < -0.39 is 11.5 Å². The molecular formula is C21H33N3O3. The molecule has 0 bridgehead atoms. The van der Waals surface area contributed by atoms with E-state index in [2.05, 4.69) is 22.3 Å². The van der Waals surface area contributed by atoms with Crippen molar-refractivity contribution in [3.8, 4) is 5.75 Å². The van der Waals surface area contributed by atoms with Crippen LogP contribution >= 0.6 is 0 Å². The molecule has 1 unspecified atom stereocenters. The van der Waals surface area contributed by atoms with Gasteiger partial charge in [-0.25, -0.2) is 0 Å². The number of ether oxygens (including phenoxy) is 1. The molecule has 1 saturated heterocycles. The lowest BCUT2D eigenvalue weighted by Gasteiger charge is -2.27. The Balaban J connectivity index is 1.87. The van der Waals surface area contributed by atoms with Gasteiger partial charge >= 0.3 is 0 Å². The fourth-order valence-corrected chi connectivity index (χ4v) is 3.09. The van der Waals surface area contributed by atoms with Gasteiger partial charge in [0.15, 0.2) is 0 Å². The van der Waals surface area contributed by atoms with Crippen molar-refractivity contribution < 1.29 is 14.3 Å². The Morgan fingerprint density at radius 1 is 1.11 bits per heavy atom. The van der Waals surface area contributed by atoms with Gasteiger partial charge in [0.05, 0.1) is 7.11 Å². The van der Waals surface area contributed by atoms with E-state index in [-0.39, 0.29) is 11.8 Å². The first-order valence-electron chi connectivity index (χ1n) is 9.65. The van der Waals surface area contributed by atoms with E-state index in [4.69, 9.17) is 4.74 Å². The largest absolute Gasteiger partial charge is 0.497 e. The molecule has 1 heterocycles. The number of carbonyl (C=O) groups excluding carboxylic acids is 2. The number of hydrogen-bond acceptors (Lipinski definition) is 4. The highest BCUT2D eigenvalue weighted by Gasteiger charge is 2.28. The van der Waals surface area contributed by atoms with Crippen LogP contribution in [-0.4, -0.2) is 60.9 Å². The number of hydrogen-bond donors (Lipinski definition) is 1. The molecule has 1 aliphatic rings. The van der Waals surface area contributed by atoms with Gasteiger partial charge in [-0.15, -0.1) is 0 Å². The minimum Gasteiger partial charge on any atom is -0.497 e. The third kappa shape index (κ3) is 6.24. The molecule has 2 rings (SSSR count). The van der Waals surface area contributed by atoms with E-state index in [9.17, 15) is 9.59 Å². The third-order valence-electron chi connectivity index (χ3n) is 4.86. The summed E-state index contributed by atoms with van der Waals surface area (Å²) in [6, 6.07) is 7.61. The van der Waals surface area contributed by atoms with Crippen LogP contribution < -0.4 is 10.1 Å². The summed E-state index contributed by atoms with van der Waals surface area (Å²) in [5, 5.41) is 2.84. The first kappa shape index (κ1) is 21.2. The summed E-state index contributed by atoms with van der Waals surface area (Å²) in [4.78, 5) is 29.1. The van der Waals surface area contributed by atoms with Gasteiger partial charge in [0.25, 0.3) is 0 Å². The smallest absolute Gasteiger partial charge is 0.244 e. The molecule has 1 atom stereocenters. The third-order valence-corrected chi connectivity index (χ3v) is 4.86. The zero-order valence-corrected chi connectivity index (χ0v) is 17.2. The Hall–Kier alpha value is -2.08. The number of nitrogens with zero attached hydrogens (tertiary/aromatic N) is 2. The molecule has 0 radical (unpaired) electrons. The average molecular weight is 376 g/mol. The van der Waals surface area contributed by atoms with Gasteiger partial charge in [-0.2, -0.15) is 0 Å². The second-order valence-electron chi connectivity index (χ2n) is 8.25. The number of carbonyl (C=O) groups is 2. The SMILES string of the molecule is COc1ccc(CN2CCCN(C(=O)C(C)NC(=O)C(C)(C)C)CC2)cc1. The summed E-state index contributed by atoms with van der Waals surface area (Å²) in [6.45, 7) is 11.4. The maximum atomic E-state index is 12.7. The van der Waals surface area contributed by atoms with E-state index in [0.29, 0.717) is 6.54 Å². The second-order valence-corrected chi connectivity index (χ2v) is 8.25. The Bertz CT molecular complexity index is 637. The Morgan fingerprint density at radius 2 is 1.78 bits per heavy atom. The monoisotopic (exact) mass is 375 g/mol. The zero-order chi connectivity index (χ0) is 20.0. The van der Waals surface area contributed by atoms with E-state index in [1.165, 1.54) is 5.56 Å². The number of rotatable bonds is 5. The molecule has 0 spiro atoms. The van der Waals surface area contributed by atoms with Crippen LogP contribution in [0.2, 0.25) is 0 Å². The summed E-state index contributed by atoms with van der Waals surface area (Å²) < 4.78 is 5.20. The molecule has 0 aliphatic carbocycles. The topological polar surface area (TPSA) is 61.9 Å². The van der Waals surface area contributed by atoms with Crippen LogP contribution in [0.1, 0.15) is 39.7 Å². The normalized spacial score (nSPS) is 17.1. The summed E-state index contributed by atoms with van der Waals surface area (Å²) >= 11 is 0. The quantitative estimate of drug-likeness (QED) is 0.858. The molecule has 2 amide bonds. The van der Waals surface area contributed by atoms with Gasteiger partial charge < -0.3 is 15.0 Å². The summed E-state index contributed by atoms with van der Waals surface area (Å²) in [6.07, 6.45) is 0.932. The van der Waals surface area contributed by atoms with Gasteiger partial charge in [-0.1, -0.05) is 32.9 Å². The molecule has 1 aromatic rings. The highest BCUT2D eigenvalue weighted by atomic mass is 16.5. The van der Waals surface area contributed by atoms with Crippen molar-refractivity contribution in [3.05, 3.63) is 29.8 Å². The molecule has 6 nitrogen and oxygen atoms in total. The number of methoxy groups -OCH3 is 1. The number of amides is 2. The van der Waals surface area contributed by atoms with Crippen molar-refractivity contribution in [2.75, 3.05) is 33.3 Å². The lowest BCUT2D eigenvalue weighted by molar-refractivity contribution is -0.138. The molecule has 150 valence electrons. The van der Waals surface area contributed by atoms with Crippen molar-refractivity contribution >= 4 is 11.8 Å². The first-order valence-corrected chi connectivity index (χ1v) is 9.65. The van der Waals surface area contributed by atoms with Gasteiger partial charge in [-0.05, 0) is 31.0 Å². The maximum Gasteiger partial charge on any atom is 0.244 e. The van der Waals surface area contributed by atoms with Gasteiger partial charge in [0.1, 0.15) is 11.8 Å². The van der Waals surface area contributed by atoms with Crippen LogP contribution in [0.4, 0.5) is 0 Å². The fourth-order valence-electron chi connectivity index (χ4n) is 3.09. The van der Waals surface area contributed by atoms with Crippen molar-refractivity contribution in [1.82, 2.24) is 15.1 Å². The van der Waals surface area contributed by atoms with E-state index in [1.54, 1.807) is 14.0 Å². The minimum absolute atomic E-state index is 0.00102. The van der Waals surface area contributed by atoms with Crippen molar-refractivity contribution in [2.24, 2.45) is 5.41 Å². The first-order chi connectivity index (χ1) is 12.7. The molecule has 0 saturated carbocycles. The molecule has 0 aromatic heterocycles. The van der Waals surface area contributed by atoms with Crippen molar-refractivity contribution in [3.63, 3.8) is 0 Å². The van der Waals surface area contributed by atoms with Crippen molar-refractivity contribution in [1.29, 1.82) is 0 Å². The molecule has 6 heteroatoms. The van der Waals surface area contributed by atoms with Gasteiger partial charge in [0.2, 0.25) is 11.8 Å². The molecular weight excluding hydrogens is 342 g/mol.